The Hall–Kier alpha value is -1.80. The summed E-state index contributed by atoms with van der Waals surface area (Å²) in [5, 5.41) is 17.6. The number of hydrogen-bond donors (Lipinski definition) is 2. The van der Waals surface area contributed by atoms with Crippen LogP contribution in [-0.4, -0.2) is 45.5 Å². The van der Waals surface area contributed by atoms with Gasteiger partial charge in [0.05, 0.1) is 22.9 Å². The Morgan fingerprint density at radius 3 is 2.96 bits per heavy atom. The molecule has 1 amide bonds. The highest BCUT2D eigenvalue weighted by molar-refractivity contribution is 7.09. The lowest BCUT2D eigenvalue weighted by atomic mass is 10.1. The number of carbonyl (C=O) groups excluding carboxylic acids is 1. The lowest BCUT2D eigenvalue weighted by Gasteiger charge is -2.22. The molecule has 0 radical (unpaired) electrons. The van der Waals surface area contributed by atoms with Gasteiger partial charge in [-0.2, -0.15) is 0 Å². The van der Waals surface area contributed by atoms with Crippen LogP contribution in [0.4, 0.5) is 0 Å². The van der Waals surface area contributed by atoms with E-state index in [1.165, 1.54) is 0 Å². The molecular formula is C16H24N6OS. The van der Waals surface area contributed by atoms with Gasteiger partial charge in [-0.15, -0.1) is 16.4 Å². The monoisotopic (exact) mass is 348 g/mol. The third-order valence-electron chi connectivity index (χ3n) is 4.16. The summed E-state index contributed by atoms with van der Waals surface area (Å²) >= 11 is 1.68. The first kappa shape index (κ1) is 17.0. The molecule has 0 bridgehead atoms. The number of carbonyl (C=O) groups is 1. The zero-order valence-corrected chi connectivity index (χ0v) is 15.0. The van der Waals surface area contributed by atoms with Crippen molar-refractivity contribution in [2.75, 3.05) is 19.6 Å². The molecule has 8 heteroatoms. The van der Waals surface area contributed by atoms with E-state index < -0.39 is 0 Å². The van der Waals surface area contributed by atoms with Crippen LogP contribution < -0.4 is 10.6 Å². The molecule has 0 aliphatic carbocycles. The Balaban J connectivity index is 1.48. The van der Waals surface area contributed by atoms with Gasteiger partial charge in [0.25, 0.3) is 5.91 Å². The number of hydrogen-bond acceptors (Lipinski definition) is 6. The minimum absolute atomic E-state index is 0.172. The highest BCUT2D eigenvalue weighted by Crippen LogP contribution is 2.19. The van der Waals surface area contributed by atoms with Gasteiger partial charge in [-0.3, -0.25) is 4.79 Å². The van der Waals surface area contributed by atoms with Gasteiger partial charge >= 0.3 is 0 Å². The second-order valence-corrected chi connectivity index (χ2v) is 7.29. The van der Waals surface area contributed by atoms with E-state index in [4.69, 9.17) is 0 Å². The number of piperidine rings is 1. The van der Waals surface area contributed by atoms with E-state index in [0.717, 1.165) is 43.1 Å². The largest absolute Gasteiger partial charge is 0.350 e. The maximum Gasteiger partial charge on any atom is 0.273 e. The molecule has 0 aromatic carbocycles. The highest BCUT2D eigenvalue weighted by atomic mass is 32.1. The average molecular weight is 348 g/mol. The van der Waals surface area contributed by atoms with Crippen molar-refractivity contribution >= 4 is 17.2 Å². The molecule has 2 aromatic heterocycles. The van der Waals surface area contributed by atoms with Gasteiger partial charge in [-0.1, -0.05) is 19.1 Å². The topological polar surface area (TPSA) is 84.7 Å². The van der Waals surface area contributed by atoms with Gasteiger partial charge in [-0.05, 0) is 25.9 Å². The van der Waals surface area contributed by atoms with Crippen molar-refractivity contribution in [3.63, 3.8) is 0 Å². The van der Waals surface area contributed by atoms with E-state index in [0.29, 0.717) is 24.2 Å². The fourth-order valence-corrected chi connectivity index (χ4v) is 3.60. The highest BCUT2D eigenvalue weighted by Gasteiger charge is 2.18. The molecule has 0 unspecified atom stereocenters. The van der Waals surface area contributed by atoms with Gasteiger partial charge in [-0.25, -0.2) is 9.67 Å². The fraction of sp³-hybridized carbons (Fsp3) is 0.625. The third kappa shape index (κ3) is 4.18. The van der Waals surface area contributed by atoms with Crippen molar-refractivity contribution in [2.24, 2.45) is 0 Å². The van der Waals surface area contributed by atoms with Gasteiger partial charge in [0.1, 0.15) is 0 Å². The number of nitrogens with zero attached hydrogens (tertiary/aromatic N) is 4. The Morgan fingerprint density at radius 2 is 2.25 bits per heavy atom. The van der Waals surface area contributed by atoms with Crippen molar-refractivity contribution in [1.29, 1.82) is 0 Å². The lowest BCUT2D eigenvalue weighted by molar-refractivity contribution is 0.0949. The van der Waals surface area contributed by atoms with Crippen LogP contribution in [0.25, 0.3) is 0 Å². The normalized spacial score (nSPS) is 15.8. The minimum atomic E-state index is -0.172. The summed E-state index contributed by atoms with van der Waals surface area (Å²) in [7, 11) is 0. The van der Waals surface area contributed by atoms with Gasteiger partial charge in [0.15, 0.2) is 5.69 Å². The second kappa shape index (κ2) is 7.85. The molecule has 0 saturated carbocycles. The van der Waals surface area contributed by atoms with Gasteiger partial charge < -0.3 is 10.6 Å². The first-order valence-corrected chi connectivity index (χ1v) is 9.36. The quantitative estimate of drug-likeness (QED) is 0.831. The molecule has 3 rings (SSSR count). The Labute approximate surface area is 145 Å². The Bertz CT molecular complexity index is 674. The standard InChI is InChI=1S/C16H24N6OS/c1-11(2)16-19-12(10-24-16)3-8-18-15(23)14-9-22(21-20-14)13-4-6-17-7-5-13/h9-11,13,17H,3-8H2,1-2H3,(H,18,23). The molecule has 3 heterocycles. The van der Waals surface area contributed by atoms with E-state index in [2.05, 4.69) is 45.2 Å². The van der Waals surface area contributed by atoms with Crippen molar-refractivity contribution < 1.29 is 4.79 Å². The predicted molar refractivity (Wildman–Crippen MR) is 93.4 cm³/mol. The number of thiazole rings is 1. The maximum absolute atomic E-state index is 12.2. The molecule has 24 heavy (non-hydrogen) atoms. The fourth-order valence-electron chi connectivity index (χ4n) is 2.73. The first-order chi connectivity index (χ1) is 11.6. The van der Waals surface area contributed by atoms with Crippen LogP contribution in [-0.2, 0) is 6.42 Å². The van der Waals surface area contributed by atoms with E-state index in [1.807, 2.05) is 4.68 Å². The molecule has 0 atom stereocenters. The molecule has 7 nitrogen and oxygen atoms in total. The van der Waals surface area contributed by atoms with Gasteiger partial charge in [0.2, 0.25) is 0 Å². The summed E-state index contributed by atoms with van der Waals surface area (Å²) in [5.41, 5.74) is 1.41. The zero-order valence-electron chi connectivity index (χ0n) is 14.2. The van der Waals surface area contributed by atoms with E-state index in [-0.39, 0.29) is 5.91 Å². The van der Waals surface area contributed by atoms with E-state index >= 15 is 0 Å². The molecule has 2 aromatic rings. The summed E-state index contributed by atoms with van der Waals surface area (Å²) in [6.07, 6.45) is 4.53. The zero-order chi connectivity index (χ0) is 16.9. The lowest BCUT2D eigenvalue weighted by Crippen LogP contribution is -2.29. The van der Waals surface area contributed by atoms with Gasteiger partial charge in [0, 0.05) is 24.3 Å². The smallest absolute Gasteiger partial charge is 0.273 e. The van der Waals surface area contributed by atoms with Crippen molar-refractivity contribution in [2.45, 2.75) is 45.1 Å². The third-order valence-corrected chi connectivity index (χ3v) is 5.35. The average Bonchev–Trinajstić information content (AvgIpc) is 3.25. The van der Waals surface area contributed by atoms with Crippen molar-refractivity contribution in [3.8, 4) is 0 Å². The van der Waals surface area contributed by atoms with Crippen LogP contribution >= 0.6 is 11.3 Å². The molecular weight excluding hydrogens is 324 g/mol. The van der Waals surface area contributed by atoms with Crippen molar-refractivity contribution in [1.82, 2.24) is 30.6 Å². The number of rotatable bonds is 6. The molecule has 0 spiro atoms. The summed E-state index contributed by atoms with van der Waals surface area (Å²) in [5.74, 6) is 0.276. The maximum atomic E-state index is 12.2. The van der Waals surface area contributed by atoms with Crippen LogP contribution in [0.5, 0.6) is 0 Å². The summed E-state index contributed by atoms with van der Waals surface area (Å²) in [4.78, 5) is 16.8. The van der Waals surface area contributed by atoms with Crippen LogP contribution in [0, 0.1) is 0 Å². The van der Waals surface area contributed by atoms with E-state index in [1.54, 1.807) is 17.5 Å². The van der Waals surface area contributed by atoms with Crippen LogP contribution in [0.3, 0.4) is 0 Å². The number of nitrogens with one attached hydrogen (secondary N) is 2. The molecule has 2 N–H and O–H groups in total. The number of aromatic nitrogens is 4. The molecule has 1 aliphatic heterocycles. The predicted octanol–water partition coefficient (Wildman–Crippen LogP) is 1.75. The van der Waals surface area contributed by atoms with Crippen LogP contribution in [0.1, 0.15) is 59.8 Å². The number of amides is 1. The summed E-state index contributed by atoms with van der Waals surface area (Å²) in [6.45, 7) is 6.79. The molecule has 1 fully saturated rings. The van der Waals surface area contributed by atoms with Crippen LogP contribution in [0.15, 0.2) is 11.6 Å². The SMILES string of the molecule is CC(C)c1nc(CCNC(=O)c2cn(C3CCNCC3)nn2)cs1. The van der Waals surface area contributed by atoms with Crippen molar-refractivity contribution in [3.05, 3.63) is 28.0 Å². The Morgan fingerprint density at radius 1 is 1.46 bits per heavy atom. The second-order valence-electron chi connectivity index (χ2n) is 6.40. The Kier molecular flexibility index (Phi) is 5.57. The summed E-state index contributed by atoms with van der Waals surface area (Å²) < 4.78 is 1.82. The summed E-state index contributed by atoms with van der Waals surface area (Å²) in [6, 6.07) is 0.338. The first-order valence-electron chi connectivity index (χ1n) is 8.48. The minimum Gasteiger partial charge on any atom is -0.350 e. The van der Waals surface area contributed by atoms with Crippen LogP contribution in [0.2, 0.25) is 0 Å². The molecule has 130 valence electrons. The molecule has 1 saturated heterocycles. The molecule has 1 aliphatic rings. The van der Waals surface area contributed by atoms with E-state index in [9.17, 15) is 4.79 Å².